The van der Waals surface area contributed by atoms with Crippen molar-refractivity contribution in [1.29, 1.82) is 0 Å². The summed E-state index contributed by atoms with van der Waals surface area (Å²) < 4.78 is 0. The monoisotopic (exact) mass is 673 g/mol. The number of rotatable bonds is 6. The molecule has 248 valence electrons. The van der Waals surface area contributed by atoms with Crippen LogP contribution in [0.5, 0.6) is 0 Å². The molecule has 0 bridgehead atoms. The maximum Gasteiger partial charge on any atom is 0.0468 e. The molecule has 1 heteroatoms. The van der Waals surface area contributed by atoms with E-state index in [0.717, 1.165) is 17.1 Å². The number of hydrogen-bond donors (Lipinski definition) is 0. The van der Waals surface area contributed by atoms with Crippen LogP contribution in [0.1, 0.15) is 0 Å². The Hall–Kier alpha value is -6.96. The first-order chi connectivity index (χ1) is 26.3. The first kappa shape index (κ1) is 30.8. The van der Waals surface area contributed by atoms with Gasteiger partial charge in [0, 0.05) is 17.1 Å². The smallest absolute Gasteiger partial charge is 0.0468 e. The van der Waals surface area contributed by atoms with Crippen LogP contribution in [-0.2, 0) is 0 Å². The molecule has 53 heavy (non-hydrogen) atoms. The summed E-state index contributed by atoms with van der Waals surface area (Å²) in [7, 11) is 0. The molecule has 0 atom stereocenters. The molecular weight excluding hydrogens is 639 g/mol. The van der Waals surface area contributed by atoms with Crippen LogP contribution in [0.25, 0.3) is 76.5 Å². The number of fused-ring (bicyclic) bond motifs is 5. The first-order valence-electron chi connectivity index (χ1n) is 18.3. The SMILES string of the molecule is c1ccc(-c2c(-c3ccccc3)c3cc(-c4cccc(N(c5ccc6ccccc6c5)c5ccc6ccccc6c5)c4)ccc3c3ccccc23)cc1. The zero-order valence-electron chi connectivity index (χ0n) is 29.2. The normalized spacial score (nSPS) is 11.4. The molecule has 10 rings (SSSR count). The quantitative estimate of drug-likeness (QED) is 0.159. The third-order valence-corrected chi connectivity index (χ3v) is 10.6. The lowest BCUT2D eigenvalue weighted by Gasteiger charge is -2.27. The lowest BCUT2D eigenvalue weighted by molar-refractivity contribution is 1.29. The summed E-state index contributed by atoms with van der Waals surface area (Å²) >= 11 is 0. The van der Waals surface area contributed by atoms with Crippen LogP contribution in [0, 0.1) is 0 Å². The van der Waals surface area contributed by atoms with E-state index in [1.165, 1.54) is 76.5 Å². The van der Waals surface area contributed by atoms with E-state index in [0.29, 0.717) is 0 Å². The Kier molecular flexibility index (Phi) is 7.55. The maximum absolute atomic E-state index is 2.41. The Balaban J connectivity index is 1.19. The molecule has 10 aromatic carbocycles. The van der Waals surface area contributed by atoms with E-state index >= 15 is 0 Å². The van der Waals surface area contributed by atoms with Crippen molar-refractivity contribution in [2.45, 2.75) is 0 Å². The van der Waals surface area contributed by atoms with Crippen molar-refractivity contribution >= 4 is 60.2 Å². The van der Waals surface area contributed by atoms with Crippen molar-refractivity contribution in [3.05, 3.63) is 212 Å². The zero-order chi connectivity index (χ0) is 35.1. The minimum atomic E-state index is 1.11. The van der Waals surface area contributed by atoms with Crippen LogP contribution in [0.2, 0.25) is 0 Å². The highest BCUT2D eigenvalue weighted by Gasteiger charge is 2.19. The third-order valence-electron chi connectivity index (χ3n) is 10.6. The maximum atomic E-state index is 2.41. The highest BCUT2D eigenvalue weighted by Crippen LogP contribution is 2.46. The van der Waals surface area contributed by atoms with Crippen molar-refractivity contribution in [3.63, 3.8) is 0 Å². The molecule has 0 aliphatic heterocycles. The number of hydrogen-bond acceptors (Lipinski definition) is 1. The Morgan fingerprint density at radius 2 is 0.679 bits per heavy atom. The van der Waals surface area contributed by atoms with E-state index in [-0.39, 0.29) is 0 Å². The van der Waals surface area contributed by atoms with Gasteiger partial charge in [0.2, 0.25) is 0 Å². The molecule has 0 radical (unpaired) electrons. The van der Waals surface area contributed by atoms with Crippen LogP contribution < -0.4 is 4.90 Å². The first-order valence-corrected chi connectivity index (χ1v) is 18.3. The van der Waals surface area contributed by atoms with Crippen LogP contribution >= 0.6 is 0 Å². The average Bonchev–Trinajstić information content (AvgIpc) is 3.23. The summed E-state index contributed by atoms with van der Waals surface area (Å²) in [5.41, 5.74) is 10.7. The van der Waals surface area contributed by atoms with Crippen molar-refractivity contribution in [2.24, 2.45) is 0 Å². The predicted octanol–water partition coefficient (Wildman–Crippen LogP) is 14.8. The third kappa shape index (κ3) is 5.51. The summed E-state index contributed by atoms with van der Waals surface area (Å²) in [5.74, 6) is 0. The van der Waals surface area contributed by atoms with E-state index in [4.69, 9.17) is 0 Å². The Morgan fingerprint density at radius 3 is 1.30 bits per heavy atom. The summed E-state index contributed by atoms with van der Waals surface area (Å²) in [6.07, 6.45) is 0. The van der Waals surface area contributed by atoms with Crippen LogP contribution in [-0.4, -0.2) is 0 Å². The minimum absolute atomic E-state index is 1.11. The molecule has 1 nitrogen and oxygen atoms in total. The van der Waals surface area contributed by atoms with Gasteiger partial charge in [-0.1, -0.05) is 170 Å². The topological polar surface area (TPSA) is 3.24 Å². The van der Waals surface area contributed by atoms with Gasteiger partial charge < -0.3 is 4.90 Å². The largest absolute Gasteiger partial charge is 0.310 e. The average molecular weight is 674 g/mol. The van der Waals surface area contributed by atoms with Crippen molar-refractivity contribution in [2.75, 3.05) is 4.90 Å². The van der Waals surface area contributed by atoms with Gasteiger partial charge in [0.05, 0.1) is 0 Å². The number of anilines is 3. The fourth-order valence-corrected chi connectivity index (χ4v) is 8.08. The lowest BCUT2D eigenvalue weighted by atomic mass is 9.84. The summed E-state index contributed by atoms with van der Waals surface area (Å²) in [6.45, 7) is 0. The Bertz CT molecular complexity index is 2860. The Morgan fingerprint density at radius 1 is 0.226 bits per heavy atom. The molecule has 10 aromatic rings. The van der Waals surface area contributed by atoms with Gasteiger partial charge >= 0.3 is 0 Å². The predicted molar refractivity (Wildman–Crippen MR) is 227 cm³/mol. The number of nitrogens with zero attached hydrogens (tertiary/aromatic N) is 1. The fraction of sp³-hybridized carbons (Fsp3) is 0. The molecule has 0 aliphatic rings. The second-order valence-electron chi connectivity index (χ2n) is 13.7. The van der Waals surface area contributed by atoms with Gasteiger partial charge in [-0.25, -0.2) is 0 Å². The van der Waals surface area contributed by atoms with E-state index in [1.54, 1.807) is 0 Å². The van der Waals surface area contributed by atoms with Gasteiger partial charge in [-0.3, -0.25) is 0 Å². The highest BCUT2D eigenvalue weighted by molar-refractivity contribution is 6.22. The molecular formula is C52H35N. The number of benzene rings is 10. The highest BCUT2D eigenvalue weighted by atomic mass is 15.1. The van der Waals surface area contributed by atoms with Gasteiger partial charge in [0.25, 0.3) is 0 Å². The van der Waals surface area contributed by atoms with E-state index in [1.807, 2.05) is 0 Å². The van der Waals surface area contributed by atoms with Gasteiger partial charge in [-0.15, -0.1) is 0 Å². The van der Waals surface area contributed by atoms with E-state index < -0.39 is 0 Å². The lowest BCUT2D eigenvalue weighted by Crippen LogP contribution is -2.10. The van der Waals surface area contributed by atoms with E-state index in [2.05, 4.69) is 217 Å². The molecule has 0 saturated heterocycles. The van der Waals surface area contributed by atoms with Crippen LogP contribution in [0.3, 0.4) is 0 Å². The van der Waals surface area contributed by atoms with Crippen molar-refractivity contribution in [1.82, 2.24) is 0 Å². The van der Waals surface area contributed by atoms with Crippen LogP contribution in [0.4, 0.5) is 17.1 Å². The van der Waals surface area contributed by atoms with Crippen LogP contribution in [0.15, 0.2) is 212 Å². The second-order valence-corrected chi connectivity index (χ2v) is 13.7. The second kappa shape index (κ2) is 13.0. The molecule has 0 spiro atoms. The zero-order valence-corrected chi connectivity index (χ0v) is 29.2. The Labute approximate surface area is 309 Å². The van der Waals surface area contributed by atoms with E-state index in [9.17, 15) is 0 Å². The van der Waals surface area contributed by atoms with Gasteiger partial charge in [-0.05, 0) is 119 Å². The molecule has 0 saturated carbocycles. The van der Waals surface area contributed by atoms with Crippen molar-refractivity contribution < 1.29 is 0 Å². The standard InChI is InChI=1S/C52H35N/c1-3-16-38(17-4-1)51-49-25-12-11-24-47(49)48-31-28-43(35-50(48)52(51)39-18-5-2-6-19-39)42-22-13-23-44(34-42)53(45-29-26-36-14-7-9-20-40(36)32-45)46-30-27-37-15-8-10-21-41(37)33-46/h1-35H. The molecule has 0 fully saturated rings. The fourth-order valence-electron chi connectivity index (χ4n) is 8.08. The molecule has 0 aliphatic carbocycles. The van der Waals surface area contributed by atoms with Crippen molar-refractivity contribution in [3.8, 4) is 33.4 Å². The minimum Gasteiger partial charge on any atom is -0.310 e. The molecule has 0 aromatic heterocycles. The summed E-state index contributed by atoms with van der Waals surface area (Å²) in [6, 6.07) is 77.3. The summed E-state index contributed by atoms with van der Waals surface area (Å²) in [5, 5.41) is 9.94. The molecule has 0 unspecified atom stereocenters. The van der Waals surface area contributed by atoms with Gasteiger partial charge in [-0.2, -0.15) is 0 Å². The summed E-state index contributed by atoms with van der Waals surface area (Å²) in [4.78, 5) is 2.39. The molecule has 0 amide bonds. The van der Waals surface area contributed by atoms with Gasteiger partial charge in [0.15, 0.2) is 0 Å². The molecule has 0 N–H and O–H groups in total. The van der Waals surface area contributed by atoms with Gasteiger partial charge in [0.1, 0.15) is 0 Å². The molecule has 0 heterocycles.